The Morgan fingerprint density at radius 2 is 2.00 bits per heavy atom. The van der Waals surface area contributed by atoms with E-state index in [1.165, 1.54) is 0 Å². The molecule has 1 aliphatic carbocycles. The van der Waals surface area contributed by atoms with E-state index in [0.29, 0.717) is 30.9 Å². The molecule has 2 saturated heterocycles. The number of hydrogen-bond donors (Lipinski definition) is 1. The average Bonchev–Trinajstić information content (AvgIpc) is 3.31. The van der Waals surface area contributed by atoms with Crippen molar-refractivity contribution in [2.24, 2.45) is 11.8 Å². The molecule has 2 aliphatic heterocycles. The molecule has 0 aromatic heterocycles. The van der Waals surface area contributed by atoms with Crippen molar-refractivity contribution in [3.05, 3.63) is 29.8 Å². The zero-order valence-electron chi connectivity index (χ0n) is 14.3. The highest BCUT2D eigenvalue weighted by Crippen LogP contribution is 2.35. The molecule has 25 heavy (non-hydrogen) atoms. The number of carbonyl (C=O) groups excluding carboxylic acids is 2. The number of ketones is 1. The Morgan fingerprint density at radius 1 is 1.20 bits per heavy atom. The number of amides is 1. The van der Waals surface area contributed by atoms with Gasteiger partial charge in [-0.2, -0.15) is 0 Å². The third kappa shape index (κ3) is 3.41. The molecule has 0 bridgehead atoms. The van der Waals surface area contributed by atoms with Gasteiger partial charge in [0.25, 0.3) is 0 Å². The van der Waals surface area contributed by atoms with Crippen LogP contribution >= 0.6 is 0 Å². The SMILES string of the molecule is COc1cccc(C(=O)C[C@H]2CO[C@H]3[C@@H]2OC[C@@H]3NC(=O)C2CC2)c1. The van der Waals surface area contributed by atoms with Gasteiger partial charge in [0.05, 0.1) is 32.5 Å². The van der Waals surface area contributed by atoms with Crippen LogP contribution in [0.25, 0.3) is 0 Å². The van der Waals surface area contributed by atoms with Crippen molar-refractivity contribution < 1.29 is 23.8 Å². The quantitative estimate of drug-likeness (QED) is 0.793. The highest BCUT2D eigenvalue weighted by molar-refractivity contribution is 5.96. The molecule has 6 heteroatoms. The van der Waals surface area contributed by atoms with Crippen molar-refractivity contribution in [2.75, 3.05) is 20.3 Å². The molecule has 4 atom stereocenters. The number of Topliss-reactive ketones (excluding diaryl/α,β-unsaturated/α-hetero) is 1. The van der Waals surface area contributed by atoms with E-state index >= 15 is 0 Å². The highest BCUT2D eigenvalue weighted by atomic mass is 16.6. The summed E-state index contributed by atoms with van der Waals surface area (Å²) < 4.78 is 16.9. The molecule has 0 unspecified atom stereocenters. The van der Waals surface area contributed by atoms with E-state index in [1.807, 2.05) is 12.1 Å². The highest BCUT2D eigenvalue weighted by Gasteiger charge is 2.49. The lowest BCUT2D eigenvalue weighted by molar-refractivity contribution is -0.123. The summed E-state index contributed by atoms with van der Waals surface area (Å²) in [6.45, 7) is 0.943. The summed E-state index contributed by atoms with van der Waals surface area (Å²) in [4.78, 5) is 24.5. The van der Waals surface area contributed by atoms with Crippen LogP contribution in [0, 0.1) is 11.8 Å². The van der Waals surface area contributed by atoms with Gasteiger partial charge in [0.1, 0.15) is 11.9 Å². The van der Waals surface area contributed by atoms with E-state index < -0.39 is 0 Å². The van der Waals surface area contributed by atoms with Crippen molar-refractivity contribution in [3.63, 3.8) is 0 Å². The van der Waals surface area contributed by atoms with Gasteiger partial charge in [-0.1, -0.05) is 12.1 Å². The van der Waals surface area contributed by atoms with E-state index in [4.69, 9.17) is 14.2 Å². The van der Waals surface area contributed by atoms with Crippen LogP contribution in [0.15, 0.2) is 24.3 Å². The Balaban J connectivity index is 1.36. The van der Waals surface area contributed by atoms with Crippen LogP contribution in [0.2, 0.25) is 0 Å². The Kier molecular flexibility index (Phi) is 4.48. The van der Waals surface area contributed by atoms with E-state index in [9.17, 15) is 9.59 Å². The minimum atomic E-state index is -0.147. The summed E-state index contributed by atoms with van der Waals surface area (Å²) in [6, 6.07) is 7.08. The van der Waals surface area contributed by atoms with Crippen LogP contribution < -0.4 is 10.1 Å². The predicted octanol–water partition coefficient (Wildman–Crippen LogP) is 1.58. The number of hydrogen-bond acceptors (Lipinski definition) is 5. The second-order valence-corrected chi connectivity index (χ2v) is 7.10. The molecular formula is C19H23NO5. The third-order valence-electron chi connectivity index (χ3n) is 5.27. The van der Waals surface area contributed by atoms with Gasteiger partial charge in [-0.15, -0.1) is 0 Å². The molecule has 1 aromatic rings. The van der Waals surface area contributed by atoms with E-state index in [2.05, 4.69) is 5.32 Å². The lowest BCUT2D eigenvalue weighted by Crippen LogP contribution is -2.44. The van der Waals surface area contributed by atoms with Gasteiger partial charge in [0.15, 0.2) is 5.78 Å². The number of carbonyl (C=O) groups is 2. The standard InChI is InChI=1S/C19H23NO5/c1-23-14-4-2-3-12(7-14)16(21)8-13-9-24-18-15(10-25-17(13)18)20-19(22)11-5-6-11/h2-4,7,11,13,15,17-18H,5-6,8-10H2,1H3,(H,20,22)/t13-,15-,17+,18+/m0/s1. The molecule has 2 heterocycles. The third-order valence-corrected chi connectivity index (χ3v) is 5.27. The van der Waals surface area contributed by atoms with Crippen molar-refractivity contribution in [3.8, 4) is 5.75 Å². The van der Waals surface area contributed by atoms with Gasteiger partial charge in [-0.05, 0) is 25.0 Å². The van der Waals surface area contributed by atoms with Gasteiger partial charge in [0, 0.05) is 23.8 Å². The lowest BCUT2D eigenvalue weighted by Gasteiger charge is -2.17. The molecule has 3 aliphatic rings. The van der Waals surface area contributed by atoms with Crippen LogP contribution in [0.1, 0.15) is 29.6 Å². The Morgan fingerprint density at radius 3 is 2.76 bits per heavy atom. The first-order valence-corrected chi connectivity index (χ1v) is 8.86. The van der Waals surface area contributed by atoms with Crippen molar-refractivity contribution in [1.29, 1.82) is 0 Å². The second kappa shape index (κ2) is 6.77. The molecule has 1 aromatic carbocycles. The van der Waals surface area contributed by atoms with Crippen molar-refractivity contribution in [1.82, 2.24) is 5.32 Å². The van der Waals surface area contributed by atoms with Crippen LogP contribution in [0.3, 0.4) is 0 Å². The molecule has 6 nitrogen and oxygen atoms in total. The molecule has 0 radical (unpaired) electrons. The average molecular weight is 345 g/mol. The zero-order chi connectivity index (χ0) is 17.4. The summed E-state index contributed by atoms with van der Waals surface area (Å²) in [7, 11) is 1.58. The summed E-state index contributed by atoms with van der Waals surface area (Å²) in [5.74, 6) is 1.03. The maximum Gasteiger partial charge on any atom is 0.223 e. The molecule has 0 spiro atoms. The van der Waals surface area contributed by atoms with Crippen molar-refractivity contribution in [2.45, 2.75) is 37.5 Å². The maximum atomic E-state index is 12.6. The predicted molar refractivity (Wildman–Crippen MR) is 89.6 cm³/mol. The fourth-order valence-corrected chi connectivity index (χ4v) is 3.68. The minimum absolute atomic E-state index is 0.0199. The van der Waals surface area contributed by atoms with E-state index in [-0.39, 0.29) is 41.8 Å². The van der Waals surface area contributed by atoms with E-state index in [1.54, 1.807) is 19.2 Å². The molecule has 3 fully saturated rings. The van der Waals surface area contributed by atoms with Gasteiger partial charge < -0.3 is 19.5 Å². The topological polar surface area (TPSA) is 73.9 Å². The molecule has 134 valence electrons. The van der Waals surface area contributed by atoms with Crippen LogP contribution in [-0.4, -0.2) is 50.3 Å². The fourth-order valence-electron chi connectivity index (χ4n) is 3.68. The number of benzene rings is 1. The number of ether oxygens (including phenoxy) is 3. The molecule has 1 saturated carbocycles. The Bertz CT molecular complexity index is 672. The molecule has 4 rings (SSSR count). The number of methoxy groups -OCH3 is 1. The van der Waals surface area contributed by atoms with Gasteiger partial charge in [-0.3, -0.25) is 9.59 Å². The van der Waals surface area contributed by atoms with Crippen LogP contribution in [0.4, 0.5) is 0 Å². The summed E-state index contributed by atoms with van der Waals surface area (Å²) >= 11 is 0. The first-order chi connectivity index (χ1) is 12.2. The zero-order valence-corrected chi connectivity index (χ0v) is 14.3. The first kappa shape index (κ1) is 16.5. The maximum absolute atomic E-state index is 12.6. The van der Waals surface area contributed by atoms with Crippen LogP contribution in [0.5, 0.6) is 5.75 Å². The van der Waals surface area contributed by atoms with Gasteiger partial charge >= 0.3 is 0 Å². The molecule has 1 amide bonds. The number of rotatable bonds is 6. The molecular weight excluding hydrogens is 322 g/mol. The van der Waals surface area contributed by atoms with Gasteiger partial charge in [-0.25, -0.2) is 0 Å². The monoisotopic (exact) mass is 345 g/mol. The Hall–Kier alpha value is -1.92. The number of nitrogens with one attached hydrogen (secondary N) is 1. The van der Waals surface area contributed by atoms with Crippen LogP contribution in [-0.2, 0) is 14.3 Å². The minimum Gasteiger partial charge on any atom is -0.497 e. The summed E-state index contributed by atoms with van der Waals surface area (Å²) in [5.41, 5.74) is 0.638. The Labute approximate surface area is 146 Å². The number of fused-ring (bicyclic) bond motifs is 1. The first-order valence-electron chi connectivity index (χ1n) is 8.86. The molecule has 1 N–H and O–H groups in total. The second-order valence-electron chi connectivity index (χ2n) is 7.10. The largest absolute Gasteiger partial charge is 0.497 e. The smallest absolute Gasteiger partial charge is 0.223 e. The van der Waals surface area contributed by atoms with Crippen molar-refractivity contribution >= 4 is 11.7 Å². The summed E-state index contributed by atoms with van der Waals surface area (Å²) in [6.07, 6.45) is 2.06. The normalized spacial score (nSPS) is 30.8. The lowest BCUT2D eigenvalue weighted by atomic mass is 9.92. The van der Waals surface area contributed by atoms with E-state index in [0.717, 1.165) is 12.8 Å². The summed E-state index contributed by atoms with van der Waals surface area (Å²) in [5, 5.41) is 3.04. The fraction of sp³-hybridized carbons (Fsp3) is 0.579. The van der Waals surface area contributed by atoms with Gasteiger partial charge in [0.2, 0.25) is 5.91 Å².